The highest BCUT2D eigenvalue weighted by Gasteiger charge is 2.20. The molecule has 8 aromatic carbocycles. The number of thiophene rings is 1. The van der Waals surface area contributed by atoms with E-state index in [1.165, 1.54) is 58.1 Å². The first kappa shape index (κ1) is 31.2. The van der Waals surface area contributed by atoms with Gasteiger partial charge in [-0.3, -0.25) is 0 Å². The van der Waals surface area contributed by atoms with Crippen LogP contribution in [-0.4, -0.2) is 19.4 Å². The molecule has 12 rings (SSSR count). The number of nitrogens with zero attached hydrogens (tertiary/aromatic N) is 4. The van der Waals surface area contributed by atoms with E-state index in [0.717, 1.165) is 38.7 Å². The largest absolute Gasteiger partial charge is 0.308 e. The fourth-order valence-corrected chi connectivity index (χ4v) is 9.86. The Morgan fingerprint density at radius 2 is 0.839 bits per heavy atom. The fraction of sp³-hybridized carbons (Fsp3) is 0. The van der Waals surface area contributed by atoms with Crippen LogP contribution in [0.25, 0.3) is 114 Å². The predicted octanol–water partition coefficient (Wildman–Crippen LogP) is 13.8. The maximum absolute atomic E-state index is 5.20. The maximum Gasteiger partial charge on any atom is 0.164 e. The molecule has 56 heavy (non-hydrogen) atoms. The second-order valence-corrected chi connectivity index (χ2v) is 15.4. The first-order valence-corrected chi connectivity index (χ1v) is 19.7. The van der Waals surface area contributed by atoms with Crippen LogP contribution in [0.4, 0.5) is 0 Å². The molecule has 0 spiro atoms. The molecule has 260 valence electrons. The Morgan fingerprint density at radius 1 is 0.321 bits per heavy atom. The van der Waals surface area contributed by atoms with Crippen molar-refractivity contribution in [1.82, 2.24) is 19.4 Å². The Kier molecular flexibility index (Phi) is 6.76. The van der Waals surface area contributed by atoms with Crippen LogP contribution in [0.3, 0.4) is 0 Å². The maximum atomic E-state index is 5.20. The molecule has 0 atom stereocenters. The van der Waals surface area contributed by atoms with E-state index >= 15 is 0 Å². The monoisotopic (exact) mass is 730 g/mol. The number of hydrogen-bond donors (Lipinski definition) is 0. The zero-order valence-corrected chi connectivity index (χ0v) is 30.8. The van der Waals surface area contributed by atoms with E-state index in [4.69, 9.17) is 15.0 Å². The highest BCUT2D eigenvalue weighted by atomic mass is 32.1. The zero-order valence-electron chi connectivity index (χ0n) is 30.0. The SMILES string of the molecule is c1ccc(-c2cccc(-c3nc(-c4ccccc4)nc(-c4ccc5c(c4)c4cccc6c7ccccc7c7cccc8sc9cccc(c9c87)n5c64)n3)c2)cc1. The quantitative estimate of drug-likeness (QED) is 0.181. The average Bonchev–Trinajstić information content (AvgIpc) is 3.84. The van der Waals surface area contributed by atoms with Crippen molar-refractivity contribution in [1.29, 1.82) is 0 Å². The average molecular weight is 731 g/mol. The van der Waals surface area contributed by atoms with Gasteiger partial charge >= 0.3 is 0 Å². The van der Waals surface area contributed by atoms with Crippen molar-refractivity contribution in [2.75, 3.05) is 0 Å². The van der Waals surface area contributed by atoms with Gasteiger partial charge in [-0.25, -0.2) is 15.0 Å². The van der Waals surface area contributed by atoms with Crippen molar-refractivity contribution in [2.45, 2.75) is 0 Å². The van der Waals surface area contributed by atoms with Crippen LogP contribution in [0.1, 0.15) is 0 Å². The molecule has 0 saturated carbocycles. The van der Waals surface area contributed by atoms with Crippen LogP contribution in [0.5, 0.6) is 0 Å². The molecule has 0 bridgehead atoms. The van der Waals surface area contributed by atoms with Gasteiger partial charge in [0.25, 0.3) is 0 Å². The van der Waals surface area contributed by atoms with Crippen molar-refractivity contribution >= 4 is 80.4 Å². The molecule has 0 fully saturated rings. The van der Waals surface area contributed by atoms with Crippen LogP contribution < -0.4 is 0 Å². The third kappa shape index (κ3) is 4.68. The Hall–Kier alpha value is -7.21. The summed E-state index contributed by atoms with van der Waals surface area (Å²) in [5.74, 6) is 1.92. The van der Waals surface area contributed by atoms with Crippen LogP contribution in [0.15, 0.2) is 182 Å². The van der Waals surface area contributed by atoms with E-state index in [1.807, 2.05) is 35.6 Å². The third-order valence-electron chi connectivity index (χ3n) is 11.2. The summed E-state index contributed by atoms with van der Waals surface area (Å²) in [6.07, 6.45) is 0. The lowest BCUT2D eigenvalue weighted by Gasteiger charge is -2.10. The normalized spacial score (nSPS) is 11.9. The molecule has 12 aromatic rings. The Bertz CT molecular complexity index is 3530. The molecule has 0 N–H and O–H groups in total. The highest BCUT2D eigenvalue weighted by Crippen LogP contribution is 2.44. The standard InChI is InChI=1S/C51H30N4S/c1-3-13-31(14-4-1)33-17-9-18-34(29-33)50-52-49(32-15-5-2-6-16-32)53-51(54-50)35-27-28-42-41(30-35)40-23-10-22-39-37-20-8-7-19-36(37)38-21-11-25-44-46(38)47-43(55(42)48(39)40)24-12-26-45(47)56-44/h1-30H. The molecule has 5 heteroatoms. The van der Waals surface area contributed by atoms with Gasteiger partial charge in [0.15, 0.2) is 17.5 Å². The van der Waals surface area contributed by atoms with Gasteiger partial charge < -0.3 is 4.40 Å². The van der Waals surface area contributed by atoms with Crippen molar-refractivity contribution < 1.29 is 0 Å². The Labute approximate surface area is 325 Å². The van der Waals surface area contributed by atoms with E-state index in [-0.39, 0.29) is 0 Å². The number of rotatable bonds is 4. The molecule has 0 aliphatic rings. The van der Waals surface area contributed by atoms with Gasteiger partial charge in [0.2, 0.25) is 0 Å². The molecule has 0 aliphatic heterocycles. The molecule has 0 aliphatic carbocycles. The number of hydrogen-bond acceptors (Lipinski definition) is 4. The Balaban J connectivity index is 1.17. The van der Waals surface area contributed by atoms with Gasteiger partial charge in [-0.2, -0.15) is 0 Å². The summed E-state index contributed by atoms with van der Waals surface area (Å²) in [7, 11) is 0. The molecular formula is C51H30N4S. The first-order valence-electron chi connectivity index (χ1n) is 18.9. The van der Waals surface area contributed by atoms with Gasteiger partial charge in [-0.15, -0.1) is 11.3 Å². The Morgan fingerprint density at radius 3 is 1.61 bits per heavy atom. The highest BCUT2D eigenvalue weighted by molar-refractivity contribution is 7.26. The topological polar surface area (TPSA) is 43.1 Å². The van der Waals surface area contributed by atoms with E-state index in [2.05, 4.69) is 162 Å². The summed E-state index contributed by atoms with van der Waals surface area (Å²) in [5.41, 5.74) is 8.64. The lowest BCUT2D eigenvalue weighted by molar-refractivity contribution is 1.07. The minimum atomic E-state index is 0.639. The minimum absolute atomic E-state index is 0.639. The number of aromatic nitrogens is 4. The van der Waals surface area contributed by atoms with Gasteiger partial charge in [0.1, 0.15) is 0 Å². The minimum Gasteiger partial charge on any atom is -0.308 e. The predicted molar refractivity (Wildman–Crippen MR) is 235 cm³/mol. The number of benzene rings is 8. The van der Waals surface area contributed by atoms with Crippen LogP contribution in [-0.2, 0) is 0 Å². The van der Waals surface area contributed by atoms with Gasteiger partial charge in [0.05, 0.1) is 16.6 Å². The fourth-order valence-electron chi connectivity index (χ4n) is 8.71. The summed E-state index contributed by atoms with van der Waals surface area (Å²) in [5, 5.41) is 9.94. The molecule has 0 unspecified atom stereocenters. The van der Waals surface area contributed by atoms with E-state index < -0.39 is 0 Å². The summed E-state index contributed by atoms with van der Waals surface area (Å²) in [4.78, 5) is 15.4. The van der Waals surface area contributed by atoms with E-state index in [0.29, 0.717) is 17.5 Å². The molecule has 0 saturated heterocycles. The molecule has 0 radical (unpaired) electrons. The lowest BCUT2D eigenvalue weighted by atomic mass is 10.0. The molecule has 0 amide bonds. The second-order valence-electron chi connectivity index (χ2n) is 14.4. The zero-order chi connectivity index (χ0) is 36.7. The third-order valence-corrected chi connectivity index (χ3v) is 12.3. The molecule has 4 nitrogen and oxygen atoms in total. The summed E-state index contributed by atoms with van der Waals surface area (Å²) >= 11 is 1.87. The first-order chi connectivity index (χ1) is 27.8. The summed E-state index contributed by atoms with van der Waals surface area (Å²) < 4.78 is 5.09. The summed E-state index contributed by atoms with van der Waals surface area (Å²) in [6, 6.07) is 65.0. The van der Waals surface area contributed by atoms with Crippen LogP contribution >= 0.6 is 11.3 Å². The van der Waals surface area contributed by atoms with Gasteiger partial charge in [-0.1, -0.05) is 140 Å². The molecule has 4 aromatic heterocycles. The summed E-state index contributed by atoms with van der Waals surface area (Å²) in [6.45, 7) is 0. The van der Waals surface area contributed by atoms with Crippen molar-refractivity contribution in [3.05, 3.63) is 182 Å². The van der Waals surface area contributed by atoms with Crippen molar-refractivity contribution in [3.63, 3.8) is 0 Å². The number of para-hydroxylation sites is 1. The van der Waals surface area contributed by atoms with E-state index in [9.17, 15) is 0 Å². The van der Waals surface area contributed by atoms with Crippen molar-refractivity contribution in [3.8, 4) is 45.3 Å². The van der Waals surface area contributed by atoms with Crippen molar-refractivity contribution in [2.24, 2.45) is 0 Å². The van der Waals surface area contributed by atoms with Crippen LogP contribution in [0, 0.1) is 0 Å². The molecule has 4 heterocycles. The second kappa shape index (κ2) is 12.2. The molecular weight excluding hydrogens is 701 g/mol. The van der Waals surface area contributed by atoms with E-state index in [1.54, 1.807) is 0 Å². The lowest BCUT2D eigenvalue weighted by Crippen LogP contribution is -2.00. The van der Waals surface area contributed by atoms with Gasteiger partial charge in [-0.05, 0) is 69.8 Å². The van der Waals surface area contributed by atoms with Gasteiger partial charge in [0, 0.05) is 53.0 Å². The number of fused-ring (bicyclic) bond motifs is 7. The van der Waals surface area contributed by atoms with Crippen LogP contribution in [0.2, 0.25) is 0 Å². The smallest absolute Gasteiger partial charge is 0.164 e.